The lowest BCUT2D eigenvalue weighted by molar-refractivity contribution is -0.0497. The lowest BCUT2D eigenvalue weighted by Gasteiger charge is -2.10. The van der Waals surface area contributed by atoms with Gasteiger partial charge in [-0.3, -0.25) is 4.79 Å². The molecule has 0 fully saturated rings. The SMILES string of the molecule is O=C(Nc1ccc(Nc2ncccn2)cc1)c1ccc(OC(F)F)c(Cl)c1. The molecule has 3 rings (SSSR count). The van der Waals surface area contributed by atoms with Gasteiger partial charge in [0.15, 0.2) is 0 Å². The van der Waals surface area contributed by atoms with Crippen LogP contribution in [0, 0.1) is 0 Å². The fourth-order valence-electron chi connectivity index (χ4n) is 2.17. The normalized spacial score (nSPS) is 10.5. The molecule has 0 saturated heterocycles. The van der Waals surface area contributed by atoms with Crippen LogP contribution in [0.25, 0.3) is 0 Å². The number of carbonyl (C=O) groups excluding carboxylic acids is 1. The van der Waals surface area contributed by atoms with E-state index in [2.05, 4.69) is 25.3 Å². The number of hydrogen-bond donors (Lipinski definition) is 2. The molecule has 0 radical (unpaired) electrons. The van der Waals surface area contributed by atoms with Crippen molar-refractivity contribution >= 4 is 34.8 Å². The second kappa shape index (κ2) is 8.41. The van der Waals surface area contributed by atoms with Crippen molar-refractivity contribution in [1.82, 2.24) is 9.97 Å². The molecular formula is C18H13ClF2N4O2. The molecule has 2 aromatic carbocycles. The largest absolute Gasteiger partial charge is 0.433 e. The van der Waals surface area contributed by atoms with Crippen molar-refractivity contribution in [2.24, 2.45) is 0 Å². The average Bonchev–Trinajstić information content (AvgIpc) is 2.65. The molecular weight excluding hydrogens is 378 g/mol. The smallest absolute Gasteiger partial charge is 0.387 e. The molecule has 1 heterocycles. The number of amides is 1. The molecule has 0 atom stereocenters. The van der Waals surface area contributed by atoms with Crippen molar-refractivity contribution in [1.29, 1.82) is 0 Å². The van der Waals surface area contributed by atoms with Gasteiger partial charge in [-0.25, -0.2) is 9.97 Å². The van der Waals surface area contributed by atoms with Crippen LogP contribution >= 0.6 is 11.6 Å². The van der Waals surface area contributed by atoms with Gasteiger partial charge in [-0.05, 0) is 48.5 Å². The molecule has 0 aliphatic heterocycles. The fourth-order valence-corrected chi connectivity index (χ4v) is 2.39. The van der Waals surface area contributed by atoms with Crippen LogP contribution in [-0.4, -0.2) is 22.5 Å². The summed E-state index contributed by atoms with van der Waals surface area (Å²) in [5.74, 6) is -0.176. The number of ether oxygens (including phenoxy) is 1. The molecule has 0 unspecified atom stereocenters. The Balaban J connectivity index is 1.64. The van der Waals surface area contributed by atoms with Crippen LogP contribution in [-0.2, 0) is 0 Å². The molecule has 1 aromatic heterocycles. The quantitative estimate of drug-likeness (QED) is 0.636. The Morgan fingerprint density at radius 3 is 2.33 bits per heavy atom. The molecule has 0 spiro atoms. The van der Waals surface area contributed by atoms with Gasteiger partial charge in [0, 0.05) is 29.3 Å². The Morgan fingerprint density at radius 1 is 1.04 bits per heavy atom. The van der Waals surface area contributed by atoms with E-state index in [-0.39, 0.29) is 16.3 Å². The summed E-state index contributed by atoms with van der Waals surface area (Å²) in [4.78, 5) is 20.4. The summed E-state index contributed by atoms with van der Waals surface area (Å²) >= 11 is 5.86. The maximum atomic E-state index is 12.3. The predicted molar refractivity (Wildman–Crippen MR) is 97.8 cm³/mol. The van der Waals surface area contributed by atoms with Crippen LogP contribution in [0.1, 0.15) is 10.4 Å². The highest BCUT2D eigenvalue weighted by atomic mass is 35.5. The first-order valence-corrected chi connectivity index (χ1v) is 8.09. The van der Waals surface area contributed by atoms with Crippen molar-refractivity contribution in [3.8, 4) is 5.75 Å². The van der Waals surface area contributed by atoms with Gasteiger partial charge in [-0.2, -0.15) is 8.78 Å². The van der Waals surface area contributed by atoms with E-state index in [1.807, 2.05) is 0 Å². The third-order valence-corrected chi connectivity index (χ3v) is 3.67. The average molecular weight is 391 g/mol. The van der Waals surface area contributed by atoms with Gasteiger partial charge in [0.1, 0.15) is 5.75 Å². The predicted octanol–water partition coefficient (Wildman–Crippen LogP) is 4.73. The molecule has 27 heavy (non-hydrogen) atoms. The molecule has 0 saturated carbocycles. The molecule has 3 aromatic rings. The number of nitrogens with zero attached hydrogens (tertiary/aromatic N) is 2. The van der Waals surface area contributed by atoms with Crippen molar-refractivity contribution in [3.05, 3.63) is 71.5 Å². The van der Waals surface area contributed by atoms with E-state index in [0.717, 1.165) is 5.69 Å². The first-order chi connectivity index (χ1) is 13.0. The molecule has 1 amide bonds. The van der Waals surface area contributed by atoms with E-state index in [1.54, 1.807) is 42.7 Å². The number of nitrogens with one attached hydrogen (secondary N) is 2. The van der Waals surface area contributed by atoms with Gasteiger partial charge in [0.2, 0.25) is 5.95 Å². The summed E-state index contributed by atoms with van der Waals surface area (Å²) in [6, 6.07) is 12.4. The third-order valence-electron chi connectivity index (χ3n) is 3.37. The zero-order valence-corrected chi connectivity index (χ0v) is 14.5. The van der Waals surface area contributed by atoms with Gasteiger partial charge in [-0.1, -0.05) is 11.6 Å². The Bertz CT molecular complexity index is 924. The van der Waals surface area contributed by atoms with Gasteiger partial charge in [0.05, 0.1) is 5.02 Å². The third kappa shape index (κ3) is 5.11. The monoisotopic (exact) mass is 390 g/mol. The van der Waals surface area contributed by atoms with Gasteiger partial charge in [0.25, 0.3) is 5.91 Å². The summed E-state index contributed by atoms with van der Waals surface area (Å²) in [5, 5.41) is 5.63. The van der Waals surface area contributed by atoms with Crippen LogP contribution in [0.15, 0.2) is 60.9 Å². The summed E-state index contributed by atoms with van der Waals surface area (Å²) < 4.78 is 28.7. The van der Waals surface area contributed by atoms with Crippen molar-refractivity contribution < 1.29 is 18.3 Å². The zero-order valence-electron chi connectivity index (χ0n) is 13.7. The van der Waals surface area contributed by atoms with Crippen LogP contribution in [0.5, 0.6) is 5.75 Å². The Hall–Kier alpha value is -3.26. The summed E-state index contributed by atoms with van der Waals surface area (Å²) in [5.41, 5.74) is 1.50. The zero-order chi connectivity index (χ0) is 19.2. The summed E-state index contributed by atoms with van der Waals surface area (Å²) in [6.07, 6.45) is 3.24. The van der Waals surface area contributed by atoms with Crippen molar-refractivity contribution in [3.63, 3.8) is 0 Å². The lowest BCUT2D eigenvalue weighted by atomic mass is 10.2. The second-order valence-corrected chi connectivity index (χ2v) is 5.66. The minimum Gasteiger partial charge on any atom is -0.433 e. The Labute approximate surface area is 158 Å². The highest BCUT2D eigenvalue weighted by Gasteiger charge is 2.12. The number of aromatic nitrogens is 2. The highest BCUT2D eigenvalue weighted by Crippen LogP contribution is 2.27. The number of alkyl halides is 2. The number of halogens is 3. The Morgan fingerprint density at radius 2 is 1.70 bits per heavy atom. The first kappa shape index (κ1) is 18.5. The van der Waals surface area contributed by atoms with Gasteiger partial charge < -0.3 is 15.4 Å². The number of hydrogen-bond acceptors (Lipinski definition) is 5. The number of rotatable bonds is 6. The van der Waals surface area contributed by atoms with E-state index in [0.29, 0.717) is 11.6 Å². The summed E-state index contributed by atoms with van der Waals surface area (Å²) in [7, 11) is 0. The lowest BCUT2D eigenvalue weighted by Crippen LogP contribution is -2.12. The van der Waals surface area contributed by atoms with Crippen LogP contribution in [0.3, 0.4) is 0 Å². The topological polar surface area (TPSA) is 76.1 Å². The van der Waals surface area contributed by atoms with Gasteiger partial charge in [-0.15, -0.1) is 0 Å². The second-order valence-electron chi connectivity index (χ2n) is 5.25. The highest BCUT2D eigenvalue weighted by molar-refractivity contribution is 6.32. The van der Waals surface area contributed by atoms with E-state index < -0.39 is 12.5 Å². The molecule has 0 aliphatic carbocycles. The van der Waals surface area contributed by atoms with Crippen molar-refractivity contribution in [2.75, 3.05) is 10.6 Å². The van der Waals surface area contributed by atoms with Crippen LogP contribution < -0.4 is 15.4 Å². The molecule has 138 valence electrons. The summed E-state index contributed by atoms with van der Waals surface area (Å²) in [6.45, 7) is -2.99. The first-order valence-electron chi connectivity index (χ1n) is 7.71. The molecule has 6 nitrogen and oxygen atoms in total. The van der Waals surface area contributed by atoms with E-state index >= 15 is 0 Å². The van der Waals surface area contributed by atoms with Crippen LogP contribution in [0.2, 0.25) is 5.02 Å². The maximum Gasteiger partial charge on any atom is 0.387 e. The van der Waals surface area contributed by atoms with E-state index in [1.165, 1.54) is 18.2 Å². The minimum atomic E-state index is -2.99. The molecule has 0 bridgehead atoms. The number of carbonyl (C=O) groups is 1. The number of benzene rings is 2. The standard InChI is InChI=1S/C18H13ClF2N4O2/c19-14-10-11(2-7-15(14)27-17(20)21)16(26)24-12-3-5-13(6-4-12)25-18-22-8-1-9-23-18/h1-10,17H,(H,24,26)(H,22,23,25). The van der Waals surface area contributed by atoms with Crippen molar-refractivity contribution in [2.45, 2.75) is 6.61 Å². The maximum absolute atomic E-state index is 12.3. The van der Waals surface area contributed by atoms with Crippen LogP contribution in [0.4, 0.5) is 26.1 Å². The van der Waals surface area contributed by atoms with E-state index in [9.17, 15) is 13.6 Å². The molecule has 9 heteroatoms. The fraction of sp³-hybridized carbons (Fsp3) is 0.0556. The Kier molecular flexibility index (Phi) is 5.77. The molecule has 0 aliphatic rings. The molecule has 2 N–H and O–H groups in total. The number of anilines is 3. The minimum absolute atomic E-state index is 0.0784. The van der Waals surface area contributed by atoms with E-state index in [4.69, 9.17) is 11.6 Å². The van der Waals surface area contributed by atoms with Gasteiger partial charge >= 0.3 is 6.61 Å².